The molecule has 1 aliphatic rings. The number of rotatable bonds is 3. The van der Waals surface area contributed by atoms with Crippen LogP contribution in [0.1, 0.15) is 32.3 Å². The second-order valence-corrected chi connectivity index (χ2v) is 4.05. The molecule has 0 aliphatic carbocycles. The molecule has 0 amide bonds. The molecule has 0 N–H and O–H groups in total. The molecule has 1 heterocycles. The number of benzene rings is 1. The van der Waals surface area contributed by atoms with Crippen LogP contribution < -0.4 is 0 Å². The second-order valence-electron chi connectivity index (χ2n) is 4.05. The number of fused-ring (bicyclic) bond motifs is 1. The molecule has 0 saturated carbocycles. The molecule has 74 valence electrons. The molecule has 0 radical (unpaired) electrons. The van der Waals surface area contributed by atoms with Crippen LogP contribution in [0.4, 0.5) is 5.69 Å². The van der Waals surface area contributed by atoms with E-state index in [0.717, 1.165) is 6.42 Å². The first-order valence-corrected chi connectivity index (χ1v) is 5.51. The predicted octanol–water partition coefficient (Wildman–Crippen LogP) is 3.15. The van der Waals surface area contributed by atoms with Gasteiger partial charge in [0.2, 0.25) is 5.69 Å². The maximum atomic E-state index is 2.47. The topological polar surface area (TPSA) is 3.01 Å². The summed E-state index contributed by atoms with van der Waals surface area (Å²) in [5.41, 5.74) is 4.42. The van der Waals surface area contributed by atoms with Crippen LogP contribution in [0.5, 0.6) is 0 Å². The zero-order chi connectivity index (χ0) is 9.97. The van der Waals surface area contributed by atoms with Crippen LogP contribution in [0.15, 0.2) is 24.3 Å². The number of para-hydroxylation sites is 1. The summed E-state index contributed by atoms with van der Waals surface area (Å²) in [6.45, 7) is 5.67. The monoisotopic (exact) mass is 188 g/mol. The van der Waals surface area contributed by atoms with Gasteiger partial charge in [0.25, 0.3) is 0 Å². The molecular formula is C13H18N+. The third-order valence-corrected chi connectivity index (χ3v) is 2.92. The molecular weight excluding hydrogens is 170 g/mol. The summed E-state index contributed by atoms with van der Waals surface area (Å²) in [5.74, 6) is 0. The fourth-order valence-corrected chi connectivity index (χ4v) is 2.13. The third kappa shape index (κ3) is 1.59. The van der Waals surface area contributed by atoms with Crippen LogP contribution in [-0.4, -0.2) is 16.8 Å². The van der Waals surface area contributed by atoms with Crippen molar-refractivity contribution < 1.29 is 4.58 Å². The average molecular weight is 188 g/mol. The van der Waals surface area contributed by atoms with Crippen LogP contribution >= 0.6 is 0 Å². The van der Waals surface area contributed by atoms with Gasteiger partial charge in [-0.3, -0.25) is 0 Å². The molecule has 14 heavy (non-hydrogen) atoms. The number of unbranched alkanes of at least 4 members (excludes halogenated alkanes) is 1. The zero-order valence-corrected chi connectivity index (χ0v) is 9.09. The summed E-state index contributed by atoms with van der Waals surface area (Å²) in [6, 6.07) is 8.75. The summed E-state index contributed by atoms with van der Waals surface area (Å²) >= 11 is 0. The number of nitrogens with zero attached hydrogens (tertiary/aromatic N) is 1. The second kappa shape index (κ2) is 3.95. The quantitative estimate of drug-likeness (QED) is 0.641. The molecule has 0 unspecified atom stereocenters. The van der Waals surface area contributed by atoms with E-state index in [1.807, 2.05) is 0 Å². The van der Waals surface area contributed by atoms with Gasteiger partial charge in [-0.25, -0.2) is 0 Å². The molecule has 0 atom stereocenters. The summed E-state index contributed by atoms with van der Waals surface area (Å²) in [6.07, 6.45) is 3.69. The Morgan fingerprint density at radius 3 is 2.86 bits per heavy atom. The van der Waals surface area contributed by atoms with Crippen molar-refractivity contribution in [2.75, 3.05) is 6.54 Å². The van der Waals surface area contributed by atoms with Crippen molar-refractivity contribution in [1.82, 2.24) is 0 Å². The molecule has 1 aliphatic heterocycles. The van der Waals surface area contributed by atoms with E-state index < -0.39 is 0 Å². The Morgan fingerprint density at radius 1 is 1.29 bits per heavy atom. The highest BCUT2D eigenvalue weighted by atomic mass is 15.0. The van der Waals surface area contributed by atoms with Crippen molar-refractivity contribution in [1.29, 1.82) is 0 Å². The highest BCUT2D eigenvalue weighted by Crippen LogP contribution is 2.25. The molecule has 1 aromatic rings. The Kier molecular flexibility index (Phi) is 2.67. The van der Waals surface area contributed by atoms with Gasteiger partial charge in [-0.2, -0.15) is 4.58 Å². The molecule has 2 rings (SSSR count). The lowest BCUT2D eigenvalue weighted by atomic mass is 10.1. The predicted molar refractivity (Wildman–Crippen MR) is 60.5 cm³/mol. The van der Waals surface area contributed by atoms with Gasteiger partial charge in [-0.1, -0.05) is 31.5 Å². The van der Waals surface area contributed by atoms with Crippen molar-refractivity contribution in [3.63, 3.8) is 0 Å². The van der Waals surface area contributed by atoms with E-state index in [1.54, 1.807) is 0 Å². The van der Waals surface area contributed by atoms with Gasteiger partial charge in [0.05, 0.1) is 6.42 Å². The standard InChI is InChI=1S/C13H18N/c1-3-4-9-14-11(2)10-12-7-5-6-8-13(12)14/h5-8H,3-4,9-10H2,1-2H3/q+1. The normalized spacial score (nSPS) is 14.7. The maximum Gasteiger partial charge on any atom is 0.208 e. The van der Waals surface area contributed by atoms with Gasteiger partial charge >= 0.3 is 0 Å². The Balaban J connectivity index is 2.27. The first-order chi connectivity index (χ1) is 6.83. The molecule has 0 aromatic heterocycles. The smallest absolute Gasteiger partial charge is 0.200 e. The Hall–Kier alpha value is -1.11. The molecule has 0 bridgehead atoms. The fourth-order valence-electron chi connectivity index (χ4n) is 2.13. The van der Waals surface area contributed by atoms with Gasteiger partial charge in [0, 0.05) is 25.0 Å². The van der Waals surface area contributed by atoms with E-state index in [2.05, 4.69) is 42.7 Å². The lowest BCUT2D eigenvalue weighted by Gasteiger charge is -1.99. The Bertz CT molecular complexity index is 363. The fraction of sp³-hybridized carbons (Fsp3) is 0.462. The van der Waals surface area contributed by atoms with E-state index in [1.165, 1.54) is 36.3 Å². The van der Waals surface area contributed by atoms with Gasteiger partial charge in [0.15, 0.2) is 5.71 Å². The number of hydrogen-bond donors (Lipinski definition) is 0. The summed E-state index contributed by atoms with van der Waals surface area (Å²) in [7, 11) is 0. The first kappa shape index (κ1) is 9.45. The minimum Gasteiger partial charge on any atom is -0.200 e. The van der Waals surface area contributed by atoms with Crippen molar-refractivity contribution in [3.8, 4) is 0 Å². The lowest BCUT2D eigenvalue weighted by molar-refractivity contribution is -0.438. The first-order valence-electron chi connectivity index (χ1n) is 5.51. The van der Waals surface area contributed by atoms with Gasteiger partial charge < -0.3 is 0 Å². The van der Waals surface area contributed by atoms with E-state index in [9.17, 15) is 0 Å². The molecule has 1 heteroatoms. The average Bonchev–Trinajstić information content (AvgIpc) is 2.51. The van der Waals surface area contributed by atoms with Crippen LogP contribution in [0.2, 0.25) is 0 Å². The van der Waals surface area contributed by atoms with Crippen molar-refractivity contribution in [3.05, 3.63) is 29.8 Å². The van der Waals surface area contributed by atoms with Crippen molar-refractivity contribution in [2.45, 2.75) is 33.1 Å². The Morgan fingerprint density at radius 2 is 2.07 bits per heavy atom. The van der Waals surface area contributed by atoms with Crippen LogP contribution in [-0.2, 0) is 6.42 Å². The van der Waals surface area contributed by atoms with Gasteiger partial charge in [-0.05, 0) is 0 Å². The van der Waals surface area contributed by atoms with Crippen LogP contribution in [0.3, 0.4) is 0 Å². The molecule has 0 saturated heterocycles. The van der Waals surface area contributed by atoms with E-state index in [-0.39, 0.29) is 0 Å². The summed E-state index contributed by atoms with van der Waals surface area (Å²) in [4.78, 5) is 0. The van der Waals surface area contributed by atoms with Gasteiger partial charge in [-0.15, -0.1) is 0 Å². The third-order valence-electron chi connectivity index (χ3n) is 2.92. The SMILES string of the molecule is CCCC[N+]1=C(C)Cc2ccccc21. The Labute approximate surface area is 86.1 Å². The van der Waals surface area contributed by atoms with Crippen LogP contribution in [0.25, 0.3) is 0 Å². The number of hydrogen-bond acceptors (Lipinski definition) is 0. The maximum absolute atomic E-state index is 2.47. The minimum absolute atomic E-state index is 1.14. The summed E-state index contributed by atoms with van der Waals surface area (Å²) in [5, 5.41) is 0. The molecule has 0 fully saturated rings. The van der Waals surface area contributed by atoms with E-state index in [4.69, 9.17) is 0 Å². The van der Waals surface area contributed by atoms with Crippen molar-refractivity contribution >= 4 is 11.4 Å². The van der Waals surface area contributed by atoms with Gasteiger partial charge in [0.1, 0.15) is 6.54 Å². The highest BCUT2D eigenvalue weighted by molar-refractivity contribution is 5.84. The highest BCUT2D eigenvalue weighted by Gasteiger charge is 2.25. The molecule has 0 spiro atoms. The molecule has 1 aromatic carbocycles. The molecule has 1 nitrogen and oxygen atoms in total. The van der Waals surface area contributed by atoms with Crippen LogP contribution in [0, 0.1) is 0 Å². The lowest BCUT2D eigenvalue weighted by Crippen LogP contribution is -2.11. The van der Waals surface area contributed by atoms with Crippen molar-refractivity contribution in [2.24, 2.45) is 0 Å². The minimum atomic E-state index is 1.14. The summed E-state index contributed by atoms with van der Waals surface area (Å²) < 4.78 is 2.47. The largest absolute Gasteiger partial charge is 0.208 e. The van der Waals surface area contributed by atoms with E-state index >= 15 is 0 Å². The van der Waals surface area contributed by atoms with E-state index in [0.29, 0.717) is 0 Å². The zero-order valence-electron chi connectivity index (χ0n) is 9.09.